The van der Waals surface area contributed by atoms with Crippen molar-refractivity contribution in [3.8, 4) is 6.19 Å². The van der Waals surface area contributed by atoms with Crippen molar-refractivity contribution >= 4 is 5.96 Å². The molecule has 21 heavy (non-hydrogen) atoms. The van der Waals surface area contributed by atoms with E-state index in [1.54, 1.807) is 0 Å². The lowest BCUT2D eigenvalue weighted by Gasteiger charge is -2.29. The van der Waals surface area contributed by atoms with Gasteiger partial charge in [0.1, 0.15) is 0 Å². The van der Waals surface area contributed by atoms with E-state index in [9.17, 15) is 0 Å². The van der Waals surface area contributed by atoms with Gasteiger partial charge in [0.2, 0.25) is 5.96 Å². The largest absolute Gasteiger partial charge is 0.369 e. The molecule has 0 aliphatic carbocycles. The lowest BCUT2D eigenvalue weighted by atomic mass is 10.1. The number of rotatable bonds is 11. The summed E-state index contributed by atoms with van der Waals surface area (Å²) in [5.74, 6) is 0.344. The molecule has 0 aromatic heterocycles. The van der Waals surface area contributed by atoms with Gasteiger partial charge in [-0.25, -0.2) is 9.89 Å². The number of nitriles is 1. The molecule has 0 atom stereocenters. The van der Waals surface area contributed by atoms with Gasteiger partial charge in [0, 0.05) is 6.54 Å². The Morgan fingerprint density at radius 3 is 2.19 bits per heavy atom. The molecule has 1 aliphatic heterocycles. The fourth-order valence-electron chi connectivity index (χ4n) is 2.62. The van der Waals surface area contributed by atoms with Crippen LogP contribution >= 0.6 is 0 Å². The molecule has 2 N–H and O–H groups in total. The van der Waals surface area contributed by atoms with Crippen LogP contribution in [0.25, 0.3) is 0 Å². The van der Waals surface area contributed by atoms with Crippen LogP contribution in [0.3, 0.4) is 0 Å². The second kappa shape index (κ2) is 11.4. The zero-order valence-electron chi connectivity index (χ0n) is 13.6. The highest BCUT2D eigenvalue weighted by Crippen LogP contribution is 2.11. The van der Waals surface area contributed by atoms with E-state index >= 15 is 0 Å². The third kappa shape index (κ3) is 7.91. The van der Waals surface area contributed by atoms with Crippen molar-refractivity contribution in [2.75, 3.05) is 19.9 Å². The highest BCUT2D eigenvalue weighted by atomic mass is 15.4. The van der Waals surface area contributed by atoms with E-state index < -0.39 is 0 Å². The van der Waals surface area contributed by atoms with Crippen molar-refractivity contribution in [3.63, 3.8) is 0 Å². The van der Waals surface area contributed by atoms with Gasteiger partial charge in [0.15, 0.2) is 6.19 Å². The molecule has 0 unspecified atom stereocenters. The Balaban J connectivity index is 1.92. The smallest absolute Gasteiger partial charge is 0.207 e. The van der Waals surface area contributed by atoms with Crippen molar-refractivity contribution < 1.29 is 0 Å². The normalized spacial score (nSPS) is 15.8. The monoisotopic (exact) mass is 293 g/mol. The number of guanidine groups is 1. The zero-order valence-corrected chi connectivity index (χ0v) is 13.6. The van der Waals surface area contributed by atoms with Crippen LogP contribution in [0.2, 0.25) is 0 Å². The van der Waals surface area contributed by atoms with E-state index in [2.05, 4.69) is 23.0 Å². The Morgan fingerprint density at radius 2 is 1.62 bits per heavy atom. The van der Waals surface area contributed by atoms with Crippen molar-refractivity contribution in [1.82, 2.24) is 9.80 Å². The molecule has 0 radical (unpaired) electrons. The minimum absolute atomic E-state index is 0.344. The van der Waals surface area contributed by atoms with Crippen LogP contribution in [0.4, 0.5) is 0 Å². The Kier molecular flexibility index (Phi) is 9.64. The predicted octanol–water partition coefficient (Wildman–Crippen LogP) is 3.24. The molecule has 1 heterocycles. The summed E-state index contributed by atoms with van der Waals surface area (Å²) < 4.78 is 0. The van der Waals surface area contributed by atoms with Crippen molar-refractivity contribution in [1.29, 1.82) is 5.26 Å². The van der Waals surface area contributed by atoms with Crippen LogP contribution in [0.15, 0.2) is 4.99 Å². The lowest BCUT2D eigenvalue weighted by molar-refractivity contribution is 0.202. The first-order valence-corrected chi connectivity index (χ1v) is 8.47. The average molecular weight is 293 g/mol. The van der Waals surface area contributed by atoms with Crippen LogP contribution in [0.5, 0.6) is 0 Å². The number of aliphatic imine (C=N–C) groups is 1. The van der Waals surface area contributed by atoms with Crippen molar-refractivity contribution in [2.24, 2.45) is 10.7 Å². The maximum atomic E-state index is 8.91. The van der Waals surface area contributed by atoms with Crippen LogP contribution in [-0.2, 0) is 0 Å². The fourth-order valence-corrected chi connectivity index (χ4v) is 2.62. The SMILES string of the molecule is CCCCCCCCCCCCN1CN=C(N)N(C#N)C1. The molecule has 1 rings (SSSR count). The third-order valence-corrected chi connectivity index (χ3v) is 4.00. The van der Waals surface area contributed by atoms with Crippen LogP contribution in [0, 0.1) is 11.5 Å². The van der Waals surface area contributed by atoms with E-state index in [0.29, 0.717) is 19.3 Å². The standard InChI is InChI=1S/C16H31N5/c1-2-3-4-5-6-7-8-9-10-11-12-20-14-19-16(18)21(13-17)15-20/h2-12,14-15H2,1H3,(H2,18,19). The Morgan fingerprint density at radius 1 is 1.05 bits per heavy atom. The molecule has 120 valence electrons. The van der Waals surface area contributed by atoms with Crippen LogP contribution < -0.4 is 5.73 Å². The summed E-state index contributed by atoms with van der Waals surface area (Å²) >= 11 is 0. The number of nitrogens with two attached hydrogens (primary N) is 1. The maximum absolute atomic E-state index is 8.91. The van der Waals surface area contributed by atoms with Crippen LogP contribution in [-0.4, -0.2) is 35.6 Å². The molecule has 0 bridgehead atoms. The van der Waals surface area contributed by atoms with E-state index in [0.717, 1.165) is 6.54 Å². The van der Waals surface area contributed by atoms with Gasteiger partial charge < -0.3 is 5.73 Å². The van der Waals surface area contributed by atoms with Gasteiger partial charge in [0.25, 0.3) is 0 Å². The van der Waals surface area contributed by atoms with Gasteiger partial charge in [-0.15, -0.1) is 0 Å². The molecule has 0 aromatic rings. The Hall–Kier alpha value is -1.28. The molecule has 0 amide bonds. The van der Waals surface area contributed by atoms with E-state index in [-0.39, 0.29) is 0 Å². The average Bonchev–Trinajstić information content (AvgIpc) is 2.50. The predicted molar refractivity (Wildman–Crippen MR) is 87.4 cm³/mol. The number of nitrogens with zero attached hydrogens (tertiary/aromatic N) is 4. The van der Waals surface area contributed by atoms with Crippen molar-refractivity contribution in [3.05, 3.63) is 0 Å². The summed E-state index contributed by atoms with van der Waals surface area (Å²) in [4.78, 5) is 7.77. The Labute approximate surface area is 129 Å². The van der Waals surface area contributed by atoms with Gasteiger partial charge in [-0.3, -0.25) is 4.90 Å². The summed E-state index contributed by atoms with van der Waals surface area (Å²) in [6, 6.07) is 0. The molecule has 0 saturated heterocycles. The number of hydrogen-bond acceptors (Lipinski definition) is 5. The highest BCUT2D eigenvalue weighted by molar-refractivity contribution is 5.79. The Bertz CT molecular complexity index is 334. The zero-order chi connectivity index (χ0) is 15.3. The van der Waals surface area contributed by atoms with Gasteiger partial charge in [-0.2, -0.15) is 5.26 Å². The van der Waals surface area contributed by atoms with Gasteiger partial charge in [0.05, 0.1) is 13.3 Å². The third-order valence-electron chi connectivity index (χ3n) is 4.00. The number of hydrogen-bond donors (Lipinski definition) is 1. The minimum atomic E-state index is 0.344. The van der Waals surface area contributed by atoms with E-state index in [4.69, 9.17) is 11.0 Å². The molecule has 0 aromatic carbocycles. The van der Waals surface area contributed by atoms with Crippen LogP contribution in [0.1, 0.15) is 71.1 Å². The first kappa shape index (κ1) is 17.8. The molecular weight excluding hydrogens is 262 g/mol. The van der Waals surface area contributed by atoms with E-state index in [1.807, 2.05) is 0 Å². The first-order valence-electron chi connectivity index (χ1n) is 8.47. The summed E-state index contributed by atoms with van der Waals surface area (Å²) in [6.45, 7) is 4.48. The molecule has 5 heteroatoms. The second-order valence-electron chi connectivity index (χ2n) is 5.90. The van der Waals surface area contributed by atoms with Gasteiger partial charge in [-0.1, -0.05) is 64.7 Å². The fraction of sp³-hybridized carbons (Fsp3) is 0.875. The lowest BCUT2D eigenvalue weighted by Crippen LogP contribution is -2.47. The molecule has 0 spiro atoms. The molecule has 5 nitrogen and oxygen atoms in total. The quantitative estimate of drug-likeness (QED) is 0.469. The summed E-state index contributed by atoms with van der Waals surface area (Å²) in [6.07, 6.45) is 15.5. The van der Waals surface area contributed by atoms with E-state index in [1.165, 1.54) is 69.1 Å². The first-order chi connectivity index (χ1) is 10.3. The number of unbranched alkanes of at least 4 members (excludes halogenated alkanes) is 9. The second-order valence-corrected chi connectivity index (χ2v) is 5.90. The van der Waals surface area contributed by atoms with Gasteiger partial charge in [-0.05, 0) is 6.42 Å². The topological polar surface area (TPSA) is 68.7 Å². The summed E-state index contributed by atoms with van der Waals surface area (Å²) in [5.41, 5.74) is 5.63. The highest BCUT2D eigenvalue weighted by Gasteiger charge is 2.17. The molecule has 0 fully saturated rings. The van der Waals surface area contributed by atoms with Gasteiger partial charge >= 0.3 is 0 Å². The minimum Gasteiger partial charge on any atom is -0.369 e. The molecular formula is C16H31N5. The summed E-state index contributed by atoms with van der Waals surface area (Å²) in [7, 11) is 0. The maximum Gasteiger partial charge on any atom is 0.207 e. The molecule has 1 aliphatic rings. The summed E-state index contributed by atoms with van der Waals surface area (Å²) in [5, 5.41) is 8.91. The van der Waals surface area contributed by atoms with Crippen molar-refractivity contribution in [2.45, 2.75) is 71.1 Å². The molecule has 0 saturated carbocycles.